The van der Waals surface area contributed by atoms with Crippen LogP contribution in [0.1, 0.15) is 48.9 Å². The standard InChI is InChI=1S/C16H24BrN3O/c17-12-7-8-14(16(18)21)15(11-12)20-10-9-19-13-5-3-1-2-4-6-13/h7-8,11,13,19-20H,1-6,9-10H2,(H2,18,21). The second-order valence-corrected chi connectivity index (χ2v) is 6.54. The van der Waals surface area contributed by atoms with E-state index < -0.39 is 5.91 Å². The maximum Gasteiger partial charge on any atom is 0.250 e. The third-order valence-electron chi connectivity index (χ3n) is 3.98. The monoisotopic (exact) mass is 353 g/mol. The molecule has 21 heavy (non-hydrogen) atoms. The Kier molecular flexibility index (Phi) is 6.51. The van der Waals surface area contributed by atoms with E-state index in [1.54, 1.807) is 6.07 Å². The number of anilines is 1. The minimum absolute atomic E-state index is 0.401. The average Bonchev–Trinajstić information content (AvgIpc) is 2.72. The number of rotatable bonds is 6. The van der Waals surface area contributed by atoms with Crippen LogP contribution in [-0.4, -0.2) is 25.0 Å². The summed E-state index contributed by atoms with van der Waals surface area (Å²) in [6.45, 7) is 1.68. The van der Waals surface area contributed by atoms with Crippen LogP contribution in [0, 0.1) is 0 Å². The second-order valence-electron chi connectivity index (χ2n) is 5.62. The number of hydrogen-bond acceptors (Lipinski definition) is 3. The van der Waals surface area contributed by atoms with E-state index in [2.05, 4.69) is 26.6 Å². The van der Waals surface area contributed by atoms with Gasteiger partial charge in [0, 0.05) is 29.3 Å². The molecule has 0 aliphatic heterocycles. The summed E-state index contributed by atoms with van der Waals surface area (Å²) in [4.78, 5) is 11.4. The number of primary amides is 1. The summed E-state index contributed by atoms with van der Waals surface area (Å²) in [6.07, 6.45) is 7.98. The Morgan fingerprint density at radius 1 is 1.19 bits per heavy atom. The van der Waals surface area contributed by atoms with Crippen molar-refractivity contribution in [2.24, 2.45) is 5.73 Å². The quantitative estimate of drug-likeness (QED) is 0.543. The molecule has 116 valence electrons. The molecule has 2 rings (SSSR count). The highest BCUT2D eigenvalue weighted by Crippen LogP contribution is 2.21. The van der Waals surface area contributed by atoms with Crippen LogP contribution in [0.3, 0.4) is 0 Å². The molecule has 0 aromatic heterocycles. The number of carbonyl (C=O) groups excluding carboxylic acids is 1. The minimum Gasteiger partial charge on any atom is -0.383 e. The van der Waals surface area contributed by atoms with Gasteiger partial charge in [-0.3, -0.25) is 4.79 Å². The molecule has 0 spiro atoms. The van der Waals surface area contributed by atoms with Crippen LogP contribution in [-0.2, 0) is 0 Å². The first-order chi connectivity index (χ1) is 10.2. The lowest BCUT2D eigenvalue weighted by Crippen LogP contribution is -2.32. The van der Waals surface area contributed by atoms with Crippen molar-refractivity contribution in [1.29, 1.82) is 0 Å². The van der Waals surface area contributed by atoms with E-state index in [4.69, 9.17) is 5.73 Å². The Morgan fingerprint density at radius 3 is 2.57 bits per heavy atom. The first kappa shape index (κ1) is 16.3. The van der Waals surface area contributed by atoms with Crippen molar-refractivity contribution in [1.82, 2.24) is 5.32 Å². The number of hydrogen-bond donors (Lipinski definition) is 3. The molecule has 0 radical (unpaired) electrons. The average molecular weight is 354 g/mol. The third kappa shape index (κ3) is 5.32. The zero-order valence-corrected chi connectivity index (χ0v) is 13.9. The lowest BCUT2D eigenvalue weighted by Gasteiger charge is -2.17. The van der Waals surface area contributed by atoms with Gasteiger partial charge in [0.1, 0.15) is 0 Å². The van der Waals surface area contributed by atoms with Gasteiger partial charge in [0.05, 0.1) is 5.56 Å². The summed E-state index contributed by atoms with van der Waals surface area (Å²) in [5.41, 5.74) is 6.72. The number of carbonyl (C=O) groups is 1. The lowest BCUT2D eigenvalue weighted by molar-refractivity contribution is 0.100. The predicted molar refractivity (Wildman–Crippen MR) is 90.6 cm³/mol. The number of amides is 1. The summed E-state index contributed by atoms with van der Waals surface area (Å²) in [5, 5.41) is 6.90. The van der Waals surface area contributed by atoms with Crippen molar-refractivity contribution in [3.63, 3.8) is 0 Å². The normalized spacial score (nSPS) is 16.4. The van der Waals surface area contributed by atoms with Crippen LogP contribution in [0.15, 0.2) is 22.7 Å². The largest absolute Gasteiger partial charge is 0.383 e. The first-order valence-corrected chi connectivity index (χ1v) is 8.53. The van der Waals surface area contributed by atoms with E-state index in [1.165, 1.54) is 38.5 Å². The molecule has 0 unspecified atom stereocenters. The van der Waals surface area contributed by atoms with E-state index in [1.807, 2.05) is 12.1 Å². The van der Waals surface area contributed by atoms with Crippen molar-refractivity contribution in [3.05, 3.63) is 28.2 Å². The Morgan fingerprint density at radius 2 is 1.90 bits per heavy atom. The van der Waals surface area contributed by atoms with Gasteiger partial charge in [0.25, 0.3) is 5.91 Å². The topological polar surface area (TPSA) is 67.2 Å². The summed E-state index contributed by atoms with van der Waals surface area (Å²) in [6, 6.07) is 6.11. The highest BCUT2D eigenvalue weighted by atomic mass is 79.9. The number of nitrogens with two attached hydrogens (primary N) is 1. The van der Waals surface area contributed by atoms with Gasteiger partial charge >= 0.3 is 0 Å². The fourth-order valence-electron chi connectivity index (χ4n) is 2.83. The maximum atomic E-state index is 11.4. The molecule has 0 bridgehead atoms. The third-order valence-corrected chi connectivity index (χ3v) is 4.47. The van der Waals surface area contributed by atoms with Crippen molar-refractivity contribution < 1.29 is 4.79 Å². The van der Waals surface area contributed by atoms with Crippen LogP contribution >= 0.6 is 15.9 Å². The van der Waals surface area contributed by atoms with Gasteiger partial charge < -0.3 is 16.4 Å². The highest BCUT2D eigenvalue weighted by molar-refractivity contribution is 9.10. The fourth-order valence-corrected chi connectivity index (χ4v) is 3.20. The number of benzene rings is 1. The summed E-state index contributed by atoms with van der Waals surface area (Å²) in [7, 11) is 0. The van der Waals surface area contributed by atoms with E-state index in [0.717, 1.165) is 23.2 Å². The fraction of sp³-hybridized carbons (Fsp3) is 0.562. The van der Waals surface area contributed by atoms with Crippen molar-refractivity contribution >= 4 is 27.5 Å². The minimum atomic E-state index is -0.401. The van der Waals surface area contributed by atoms with E-state index in [9.17, 15) is 4.79 Å². The zero-order valence-electron chi connectivity index (χ0n) is 12.3. The molecule has 0 saturated heterocycles. The Labute approximate surface area is 135 Å². The molecule has 1 aromatic rings. The molecule has 1 saturated carbocycles. The molecule has 1 aliphatic carbocycles. The molecule has 1 amide bonds. The Hall–Kier alpha value is -1.07. The first-order valence-electron chi connectivity index (χ1n) is 7.73. The number of nitrogens with one attached hydrogen (secondary N) is 2. The van der Waals surface area contributed by atoms with Gasteiger partial charge in [-0.2, -0.15) is 0 Å². The van der Waals surface area contributed by atoms with Crippen molar-refractivity contribution in [3.8, 4) is 0 Å². The van der Waals surface area contributed by atoms with Crippen LogP contribution in [0.2, 0.25) is 0 Å². The second kappa shape index (κ2) is 8.39. The van der Waals surface area contributed by atoms with Crippen LogP contribution in [0.5, 0.6) is 0 Å². The van der Waals surface area contributed by atoms with Crippen LogP contribution < -0.4 is 16.4 Å². The summed E-state index contributed by atoms with van der Waals surface area (Å²) in [5.74, 6) is -0.401. The molecular formula is C16H24BrN3O. The zero-order chi connectivity index (χ0) is 15.1. The predicted octanol–water partition coefficient (Wildman–Crippen LogP) is 3.27. The molecule has 1 aromatic carbocycles. The molecule has 0 heterocycles. The van der Waals surface area contributed by atoms with Gasteiger partial charge in [-0.25, -0.2) is 0 Å². The molecular weight excluding hydrogens is 330 g/mol. The molecule has 0 atom stereocenters. The van der Waals surface area contributed by atoms with Crippen molar-refractivity contribution in [2.45, 2.75) is 44.6 Å². The van der Waals surface area contributed by atoms with Crippen molar-refractivity contribution in [2.75, 3.05) is 18.4 Å². The highest BCUT2D eigenvalue weighted by Gasteiger charge is 2.11. The SMILES string of the molecule is NC(=O)c1ccc(Br)cc1NCCNC1CCCCCC1. The molecule has 5 heteroatoms. The van der Waals surface area contributed by atoms with Gasteiger partial charge in [-0.1, -0.05) is 41.6 Å². The van der Waals surface area contributed by atoms with Crippen LogP contribution in [0.4, 0.5) is 5.69 Å². The molecule has 4 N–H and O–H groups in total. The summed E-state index contributed by atoms with van der Waals surface area (Å²) >= 11 is 3.42. The molecule has 1 fully saturated rings. The molecule has 4 nitrogen and oxygen atoms in total. The van der Waals surface area contributed by atoms with E-state index in [-0.39, 0.29) is 0 Å². The van der Waals surface area contributed by atoms with Gasteiger partial charge in [-0.05, 0) is 31.0 Å². The van der Waals surface area contributed by atoms with Gasteiger partial charge in [0.2, 0.25) is 0 Å². The van der Waals surface area contributed by atoms with Gasteiger partial charge in [-0.15, -0.1) is 0 Å². The Balaban J connectivity index is 1.80. The van der Waals surface area contributed by atoms with E-state index >= 15 is 0 Å². The summed E-state index contributed by atoms with van der Waals surface area (Å²) < 4.78 is 0.937. The Bertz CT molecular complexity index is 471. The smallest absolute Gasteiger partial charge is 0.250 e. The molecule has 1 aliphatic rings. The maximum absolute atomic E-state index is 11.4. The van der Waals surface area contributed by atoms with Gasteiger partial charge in [0.15, 0.2) is 0 Å². The van der Waals surface area contributed by atoms with Crippen LogP contribution in [0.25, 0.3) is 0 Å². The lowest BCUT2D eigenvalue weighted by atomic mass is 10.1. The van der Waals surface area contributed by atoms with E-state index in [0.29, 0.717) is 11.6 Å². The number of halogens is 1.